The second kappa shape index (κ2) is 8.62. The largest absolute Gasteiger partial charge is 0.383 e. The van der Waals surface area contributed by atoms with E-state index < -0.39 is 0 Å². The number of aromatic amines is 1. The van der Waals surface area contributed by atoms with E-state index in [1.54, 1.807) is 11.3 Å². The summed E-state index contributed by atoms with van der Waals surface area (Å²) in [4.78, 5) is 13.5. The molecule has 3 rings (SSSR count). The molecule has 0 unspecified atom stereocenters. The normalized spacial score (nSPS) is 11.8. The molecule has 0 aliphatic heterocycles. The topological polar surface area (TPSA) is 67.1 Å². The Labute approximate surface area is 152 Å². The number of imidazole rings is 1. The maximum absolute atomic E-state index is 6.08. The second-order valence-electron chi connectivity index (χ2n) is 6.07. The van der Waals surface area contributed by atoms with Crippen LogP contribution in [0.15, 0.2) is 53.0 Å². The predicted octanol–water partition coefficient (Wildman–Crippen LogP) is 5.30. The first-order valence-corrected chi connectivity index (χ1v) is 9.67. The third-order valence-electron chi connectivity index (χ3n) is 4.06. The number of nitrogens with zero attached hydrogens (tertiary/aromatic N) is 2. The Morgan fingerprint density at radius 2 is 2.12 bits per heavy atom. The fraction of sp³-hybridized carbons (Fsp3) is 0.300. The summed E-state index contributed by atoms with van der Waals surface area (Å²) in [7, 11) is 0. The predicted molar refractivity (Wildman–Crippen MR) is 107 cm³/mol. The number of H-pyrrole nitrogens is 1. The van der Waals surface area contributed by atoms with Crippen molar-refractivity contribution in [3.8, 4) is 11.3 Å². The highest BCUT2D eigenvalue weighted by molar-refractivity contribution is 7.12. The van der Waals surface area contributed by atoms with Gasteiger partial charge in [-0.1, -0.05) is 44.4 Å². The first-order chi connectivity index (χ1) is 12.3. The van der Waals surface area contributed by atoms with Crippen LogP contribution in [0, 0.1) is 0 Å². The summed E-state index contributed by atoms with van der Waals surface area (Å²) in [5, 5.41) is 2.00. The van der Waals surface area contributed by atoms with Crippen molar-refractivity contribution in [3.05, 3.63) is 58.7 Å². The summed E-state index contributed by atoms with van der Waals surface area (Å²) in [5.41, 5.74) is 8.93. The van der Waals surface area contributed by atoms with Crippen LogP contribution in [0.4, 0.5) is 5.69 Å². The van der Waals surface area contributed by atoms with Crippen molar-refractivity contribution in [3.63, 3.8) is 0 Å². The molecule has 0 atom stereocenters. The van der Waals surface area contributed by atoms with E-state index in [0.29, 0.717) is 5.84 Å². The van der Waals surface area contributed by atoms with Gasteiger partial charge < -0.3 is 10.7 Å². The fourth-order valence-corrected chi connectivity index (χ4v) is 3.34. The molecule has 0 saturated heterocycles. The highest BCUT2D eigenvalue weighted by Crippen LogP contribution is 2.24. The van der Waals surface area contributed by atoms with Gasteiger partial charge in [0.25, 0.3) is 0 Å². The van der Waals surface area contributed by atoms with E-state index in [2.05, 4.69) is 23.0 Å². The zero-order chi connectivity index (χ0) is 17.5. The van der Waals surface area contributed by atoms with Crippen molar-refractivity contribution >= 4 is 22.9 Å². The molecular formula is C20H24N4S. The molecule has 2 aromatic heterocycles. The lowest BCUT2D eigenvalue weighted by Gasteiger charge is -2.01. The summed E-state index contributed by atoms with van der Waals surface area (Å²) < 4.78 is 0. The Morgan fingerprint density at radius 1 is 1.20 bits per heavy atom. The molecular weight excluding hydrogens is 328 g/mol. The highest BCUT2D eigenvalue weighted by atomic mass is 32.1. The van der Waals surface area contributed by atoms with E-state index >= 15 is 0 Å². The zero-order valence-corrected chi connectivity index (χ0v) is 15.4. The standard InChI is InChI=1S/C20H24N4S/c1-2-3-4-5-11-19-22-14-17(24-19)15-8-6-9-16(13-15)23-20(21)18-10-7-12-25-18/h6-10,12-14H,2-5,11H2,1H3,(H2,21,23)(H,22,24). The van der Waals surface area contributed by atoms with Gasteiger partial charge in [0.1, 0.15) is 11.7 Å². The maximum atomic E-state index is 6.08. The number of aliphatic imine (C=N–C) groups is 1. The minimum atomic E-state index is 0.547. The van der Waals surface area contributed by atoms with E-state index in [0.717, 1.165) is 34.1 Å². The molecule has 0 fully saturated rings. The van der Waals surface area contributed by atoms with Gasteiger partial charge in [0.05, 0.1) is 16.3 Å². The van der Waals surface area contributed by atoms with Crippen LogP contribution in [-0.2, 0) is 6.42 Å². The molecule has 0 amide bonds. The molecule has 0 radical (unpaired) electrons. The quantitative estimate of drug-likeness (QED) is 0.328. The van der Waals surface area contributed by atoms with Crippen LogP contribution >= 0.6 is 11.3 Å². The minimum absolute atomic E-state index is 0.547. The smallest absolute Gasteiger partial charge is 0.141 e. The number of unbranched alkanes of at least 4 members (excludes halogenated alkanes) is 3. The molecule has 25 heavy (non-hydrogen) atoms. The van der Waals surface area contributed by atoms with Crippen LogP contribution in [0.3, 0.4) is 0 Å². The molecule has 1 aromatic carbocycles. The Bertz CT molecular complexity index is 818. The minimum Gasteiger partial charge on any atom is -0.383 e. The summed E-state index contributed by atoms with van der Waals surface area (Å²) in [5.74, 6) is 1.60. The molecule has 0 saturated carbocycles. The van der Waals surface area contributed by atoms with Gasteiger partial charge in [-0.05, 0) is 30.0 Å². The number of amidine groups is 1. The fourth-order valence-electron chi connectivity index (χ4n) is 2.71. The van der Waals surface area contributed by atoms with Crippen LogP contribution in [0.25, 0.3) is 11.3 Å². The number of nitrogens with one attached hydrogen (secondary N) is 1. The van der Waals surface area contributed by atoms with Crippen LogP contribution in [0.2, 0.25) is 0 Å². The SMILES string of the molecule is CCCCCCc1nc(-c2cccc(/N=C(\N)c3cccs3)c2)c[nH]1. The van der Waals surface area contributed by atoms with Crippen molar-refractivity contribution in [1.29, 1.82) is 0 Å². The van der Waals surface area contributed by atoms with Gasteiger partial charge in [-0.15, -0.1) is 11.3 Å². The molecule has 4 nitrogen and oxygen atoms in total. The summed E-state index contributed by atoms with van der Waals surface area (Å²) in [6, 6.07) is 12.0. The van der Waals surface area contributed by atoms with E-state index in [-0.39, 0.29) is 0 Å². The Balaban J connectivity index is 1.71. The number of aromatic nitrogens is 2. The molecule has 130 valence electrons. The summed E-state index contributed by atoms with van der Waals surface area (Å²) in [6.45, 7) is 2.23. The number of nitrogens with two attached hydrogens (primary N) is 1. The number of hydrogen-bond acceptors (Lipinski definition) is 3. The number of aryl methyl sites for hydroxylation is 1. The third-order valence-corrected chi connectivity index (χ3v) is 4.96. The maximum Gasteiger partial charge on any atom is 0.141 e. The van der Waals surface area contributed by atoms with Gasteiger partial charge in [0.2, 0.25) is 0 Å². The van der Waals surface area contributed by atoms with Gasteiger partial charge in [-0.25, -0.2) is 9.98 Å². The first-order valence-electron chi connectivity index (χ1n) is 8.79. The van der Waals surface area contributed by atoms with Crippen molar-refractivity contribution in [1.82, 2.24) is 9.97 Å². The molecule has 0 spiro atoms. The lowest BCUT2D eigenvalue weighted by atomic mass is 10.1. The van der Waals surface area contributed by atoms with E-state index in [1.807, 2.05) is 41.9 Å². The van der Waals surface area contributed by atoms with Crippen LogP contribution in [0.1, 0.15) is 43.3 Å². The number of thiophene rings is 1. The number of hydrogen-bond donors (Lipinski definition) is 2. The van der Waals surface area contributed by atoms with Crippen LogP contribution in [0.5, 0.6) is 0 Å². The van der Waals surface area contributed by atoms with Crippen molar-refractivity contribution < 1.29 is 0 Å². The average Bonchev–Trinajstić information content (AvgIpc) is 3.31. The second-order valence-corrected chi connectivity index (χ2v) is 7.02. The van der Waals surface area contributed by atoms with Crippen molar-refractivity contribution in [2.24, 2.45) is 10.7 Å². The van der Waals surface area contributed by atoms with Gasteiger partial charge in [0.15, 0.2) is 0 Å². The molecule has 0 aliphatic carbocycles. The van der Waals surface area contributed by atoms with Crippen molar-refractivity contribution in [2.45, 2.75) is 39.0 Å². The van der Waals surface area contributed by atoms with E-state index in [9.17, 15) is 0 Å². The molecule has 5 heteroatoms. The average molecular weight is 353 g/mol. The molecule has 3 aromatic rings. The molecule has 3 N–H and O–H groups in total. The summed E-state index contributed by atoms with van der Waals surface area (Å²) in [6.07, 6.45) is 7.97. The van der Waals surface area contributed by atoms with Gasteiger partial charge in [-0.2, -0.15) is 0 Å². The van der Waals surface area contributed by atoms with Gasteiger partial charge in [-0.3, -0.25) is 0 Å². The number of rotatable bonds is 8. The number of benzene rings is 1. The molecule has 0 aliphatic rings. The highest BCUT2D eigenvalue weighted by Gasteiger charge is 2.06. The van der Waals surface area contributed by atoms with Gasteiger partial charge in [0, 0.05) is 18.2 Å². The monoisotopic (exact) mass is 352 g/mol. The Morgan fingerprint density at radius 3 is 2.92 bits per heavy atom. The van der Waals surface area contributed by atoms with E-state index in [4.69, 9.17) is 10.7 Å². The van der Waals surface area contributed by atoms with Gasteiger partial charge >= 0.3 is 0 Å². The van der Waals surface area contributed by atoms with Crippen LogP contribution < -0.4 is 5.73 Å². The lowest BCUT2D eigenvalue weighted by molar-refractivity contribution is 0.655. The van der Waals surface area contributed by atoms with E-state index in [1.165, 1.54) is 25.7 Å². The Kier molecular flexibility index (Phi) is 6.01. The molecule has 0 bridgehead atoms. The third kappa shape index (κ3) is 4.79. The first kappa shape index (κ1) is 17.4. The van der Waals surface area contributed by atoms with Crippen LogP contribution in [-0.4, -0.2) is 15.8 Å². The molecule has 2 heterocycles. The summed E-state index contributed by atoms with van der Waals surface area (Å²) >= 11 is 1.59. The zero-order valence-electron chi connectivity index (χ0n) is 14.5. The lowest BCUT2D eigenvalue weighted by Crippen LogP contribution is -2.10. The van der Waals surface area contributed by atoms with Crippen molar-refractivity contribution in [2.75, 3.05) is 0 Å². The Hall–Kier alpha value is -2.40.